The summed E-state index contributed by atoms with van der Waals surface area (Å²) in [5, 5.41) is -1.42. The first-order valence-corrected chi connectivity index (χ1v) is 20.8. The van der Waals surface area contributed by atoms with Crippen molar-refractivity contribution in [3.63, 3.8) is 0 Å². The van der Waals surface area contributed by atoms with Crippen LogP contribution in [-0.4, -0.2) is 13.4 Å². The highest BCUT2D eigenvalue weighted by Crippen LogP contribution is 2.47. The molecular weight excluding hydrogens is 1050 g/mol. The van der Waals surface area contributed by atoms with E-state index < -0.39 is 197 Å². The second-order valence-corrected chi connectivity index (χ2v) is 17.5. The van der Waals surface area contributed by atoms with Crippen LogP contribution in [0.15, 0.2) is 97.1 Å². The minimum Gasteiger partial charge on any atom is -0.166 e. The van der Waals surface area contributed by atoms with Crippen LogP contribution in [0.2, 0.25) is 0 Å². The maximum Gasteiger partial charge on any atom is 0.416 e. The van der Waals surface area contributed by atoms with E-state index in [9.17, 15) is 52.7 Å². The molecule has 0 nitrogen and oxygen atoms in total. The number of alkyl halides is 24. The van der Waals surface area contributed by atoms with Gasteiger partial charge < -0.3 is 0 Å². The van der Waals surface area contributed by atoms with Crippen molar-refractivity contribution in [3.8, 4) is 22.3 Å². The van der Waals surface area contributed by atoms with Crippen molar-refractivity contribution < 1.29 is 105 Å². The van der Waals surface area contributed by atoms with Crippen molar-refractivity contribution in [3.05, 3.63) is 142 Å². The predicted octanol–water partition coefficient (Wildman–Crippen LogP) is 13.7. The quantitative estimate of drug-likeness (QED) is 0.0919. The molecule has 0 unspecified atom stereocenters. The van der Waals surface area contributed by atoms with Gasteiger partial charge in [-0.05, 0) is 125 Å². The van der Waals surface area contributed by atoms with Gasteiger partial charge in [-0.25, -0.2) is 0 Å². The van der Waals surface area contributed by atoms with Gasteiger partial charge in [-0.3, -0.25) is 0 Å². The van der Waals surface area contributed by atoms with E-state index in [2.05, 4.69) is 0 Å². The molecule has 2 aliphatic heterocycles. The Morgan fingerprint density at radius 3 is 0.662 bits per heavy atom. The molecule has 0 N–H and O–H groups in total. The Balaban J connectivity index is 1.33. The fourth-order valence-corrected chi connectivity index (χ4v) is 10.6. The molecule has 8 aromatic carbocycles. The van der Waals surface area contributed by atoms with E-state index in [1.165, 1.54) is 0 Å². The third-order valence-corrected chi connectivity index (χ3v) is 13.3. The summed E-state index contributed by atoms with van der Waals surface area (Å²) < 4.78 is 353. The topological polar surface area (TPSA) is 0 Å². The van der Waals surface area contributed by atoms with Crippen LogP contribution in [0.3, 0.4) is 0 Å². The Hall–Kier alpha value is -6.75. The molecule has 0 aliphatic carbocycles. The fourth-order valence-electron chi connectivity index (χ4n) is 10.6. The lowest BCUT2D eigenvalue weighted by molar-refractivity contribution is -0.144. The van der Waals surface area contributed by atoms with Crippen LogP contribution in [-0.2, 0) is 49.4 Å². The first-order chi connectivity index (χ1) is 33.8. The highest BCUT2D eigenvalue weighted by molar-refractivity contribution is 7.02. The van der Waals surface area contributed by atoms with Crippen LogP contribution in [0.4, 0.5) is 105 Å². The summed E-state index contributed by atoms with van der Waals surface area (Å²) in [5.41, 5.74) is -29.5. The SMILES string of the molecule is FC(F)(F)c1cc2c(c(C(F)(F)F)c1)B(c1ccc3ccc4c(B5c6c(cc(C(F)(F)F)cc6C(F)(F)F)-c6cc(C(F)(F)F)cc(C(F)(F)F)c65)ccc5ccc1c3c54)c1c-2cc(C(F)(F)F)cc1C(F)(F)F. The monoisotopic (exact) mass is 1070 g/mol. The lowest BCUT2D eigenvalue weighted by Gasteiger charge is -2.24. The van der Waals surface area contributed by atoms with Crippen LogP contribution in [0.5, 0.6) is 0 Å². The summed E-state index contributed by atoms with van der Waals surface area (Å²) in [6.07, 6.45) is -46.1. The van der Waals surface area contributed by atoms with Crippen LogP contribution >= 0.6 is 0 Å². The Kier molecular flexibility index (Phi) is 10.6. The molecule has 26 heteroatoms. The zero-order valence-electron chi connectivity index (χ0n) is 35.5. The third kappa shape index (κ3) is 7.85. The van der Waals surface area contributed by atoms with E-state index >= 15 is 52.7 Å². The standard InChI is InChI=1S/C48H16B2F24/c51-41(52,53)19-9-25-26-10-20(42(54,55)56)14-30(46(66,67)68)38(26)49(37(25)29(13-19)45(63,64)65)33-8-4-18-2-6-24-34(7-3-17-1-5-23(33)36(18)35(17)24)50-39-27(11-21(43(57,58)59)15-31(39)47(69,70)71)28-12-22(44(60,61)62)16-32(40(28)50)48(72,73)74/h1-16H. The Labute approximate surface area is 396 Å². The molecule has 382 valence electrons. The van der Waals surface area contributed by atoms with Crippen molar-refractivity contribution in [2.45, 2.75) is 49.4 Å². The van der Waals surface area contributed by atoms with Gasteiger partial charge in [0.2, 0.25) is 13.4 Å². The molecule has 0 fully saturated rings. The zero-order chi connectivity index (χ0) is 54.3. The maximum absolute atomic E-state index is 15.1. The average molecular weight is 1070 g/mol. The molecule has 2 heterocycles. The van der Waals surface area contributed by atoms with Crippen LogP contribution in [0, 0.1) is 0 Å². The Morgan fingerprint density at radius 1 is 0.243 bits per heavy atom. The normalized spacial score (nSPS) is 14.7. The largest absolute Gasteiger partial charge is 0.416 e. The minimum absolute atomic E-state index is 0.0341. The molecule has 0 aromatic heterocycles. The molecule has 74 heavy (non-hydrogen) atoms. The van der Waals surface area contributed by atoms with E-state index in [1.807, 2.05) is 0 Å². The summed E-state index contributed by atoms with van der Waals surface area (Å²) in [4.78, 5) is 0. The molecule has 0 amide bonds. The van der Waals surface area contributed by atoms with Crippen molar-refractivity contribution in [1.82, 2.24) is 0 Å². The zero-order valence-corrected chi connectivity index (χ0v) is 35.5. The highest BCUT2D eigenvalue weighted by Gasteiger charge is 2.53. The van der Waals surface area contributed by atoms with Gasteiger partial charge >= 0.3 is 49.4 Å². The highest BCUT2D eigenvalue weighted by atomic mass is 19.4. The van der Waals surface area contributed by atoms with E-state index in [1.54, 1.807) is 0 Å². The summed E-state index contributed by atoms with van der Waals surface area (Å²) >= 11 is 0. The molecule has 2 aliphatic rings. The number of hydrogen-bond donors (Lipinski definition) is 0. The van der Waals surface area contributed by atoms with Gasteiger partial charge in [0.15, 0.2) is 0 Å². The maximum atomic E-state index is 15.1. The molecule has 0 saturated carbocycles. The lowest BCUT2D eigenvalue weighted by atomic mass is 9.36. The van der Waals surface area contributed by atoms with Gasteiger partial charge in [0.05, 0.1) is 44.5 Å². The number of halogens is 24. The number of hydrogen-bond acceptors (Lipinski definition) is 0. The van der Waals surface area contributed by atoms with Gasteiger partial charge in [0, 0.05) is 0 Å². The van der Waals surface area contributed by atoms with E-state index in [0.29, 0.717) is 0 Å². The second-order valence-electron chi connectivity index (χ2n) is 17.5. The van der Waals surface area contributed by atoms with Crippen molar-refractivity contribution in [2.75, 3.05) is 0 Å². The fraction of sp³-hybridized carbons (Fsp3) is 0.167. The smallest absolute Gasteiger partial charge is 0.166 e. The summed E-state index contributed by atoms with van der Waals surface area (Å²) in [6.45, 7) is -5.07. The molecule has 10 rings (SSSR count). The molecule has 8 aromatic rings. The number of fused-ring (bicyclic) bond motifs is 6. The minimum atomic E-state index is -5.87. The summed E-state index contributed by atoms with van der Waals surface area (Å²) in [5.74, 6) is 0. The molecule has 0 radical (unpaired) electrons. The molecule has 0 atom stereocenters. The van der Waals surface area contributed by atoms with Gasteiger partial charge in [-0.1, -0.05) is 59.5 Å². The first-order valence-electron chi connectivity index (χ1n) is 20.8. The van der Waals surface area contributed by atoms with Gasteiger partial charge in [0.25, 0.3) is 0 Å². The second kappa shape index (κ2) is 15.4. The van der Waals surface area contributed by atoms with E-state index in [4.69, 9.17) is 0 Å². The van der Waals surface area contributed by atoms with E-state index in [0.717, 1.165) is 48.5 Å². The average Bonchev–Trinajstić information content (AvgIpc) is 3.77. The van der Waals surface area contributed by atoms with Crippen molar-refractivity contribution in [2.24, 2.45) is 0 Å². The molecule has 0 bridgehead atoms. The first kappa shape index (κ1) is 50.8. The van der Waals surface area contributed by atoms with Crippen LogP contribution < -0.4 is 32.8 Å². The third-order valence-electron chi connectivity index (χ3n) is 13.3. The van der Waals surface area contributed by atoms with Gasteiger partial charge in [0.1, 0.15) is 0 Å². The van der Waals surface area contributed by atoms with Crippen LogP contribution in [0.25, 0.3) is 54.6 Å². The van der Waals surface area contributed by atoms with Gasteiger partial charge in [-0.15, -0.1) is 0 Å². The Morgan fingerprint density at radius 2 is 0.459 bits per heavy atom. The van der Waals surface area contributed by atoms with Crippen molar-refractivity contribution >= 4 is 78.5 Å². The lowest BCUT2D eigenvalue weighted by Crippen LogP contribution is -2.53. The summed E-state index contributed by atoms with van der Waals surface area (Å²) in [7, 11) is 0. The van der Waals surface area contributed by atoms with Crippen molar-refractivity contribution in [1.29, 1.82) is 0 Å². The van der Waals surface area contributed by atoms with E-state index in [-0.39, 0.29) is 45.8 Å². The molecular formula is C48H16B2F24. The molecule has 0 spiro atoms. The summed E-state index contributed by atoms with van der Waals surface area (Å²) in [6, 6.07) is 6.22. The van der Waals surface area contributed by atoms with Gasteiger partial charge in [-0.2, -0.15) is 105 Å². The predicted molar refractivity (Wildman–Crippen MR) is 223 cm³/mol. The number of benzene rings is 8. The Bertz CT molecular complexity index is 3270. The molecule has 0 saturated heterocycles. The number of rotatable bonds is 2. The van der Waals surface area contributed by atoms with Crippen LogP contribution in [0.1, 0.15) is 44.5 Å².